The second-order valence-electron chi connectivity index (χ2n) is 4.97. The summed E-state index contributed by atoms with van der Waals surface area (Å²) in [7, 11) is 0. The molecule has 102 valence electrons. The molecule has 1 aliphatic carbocycles. The van der Waals surface area contributed by atoms with Crippen molar-refractivity contribution in [2.45, 2.75) is 44.6 Å². The summed E-state index contributed by atoms with van der Waals surface area (Å²) in [5.41, 5.74) is 0.660. The molecule has 1 aromatic carbocycles. The normalized spacial score (nSPS) is 15.9. The molecule has 3 heteroatoms. The number of hydrogen-bond acceptors (Lipinski definition) is 3. The van der Waals surface area contributed by atoms with Crippen LogP contribution in [-0.2, 0) is 4.74 Å². The minimum Gasteiger partial charge on any atom is -0.494 e. The Morgan fingerprint density at radius 2 is 1.79 bits per heavy atom. The van der Waals surface area contributed by atoms with Crippen LogP contribution in [0, 0.1) is 11.3 Å². The van der Waals surface area contributed by atoms with E-state index >= 15 is 0 Å². The zero-order chi connectivity index (χ0) is 13.3. The molecular weight excluding hydrogens is 238 g/mol. The quantitative estimate of drug-likeness (QED) is 0.732. The molecular formula is C16H21NO2. The molecule has 1 aliphatic rings. The Labute approximate surface area is 115 Å². The molecule has 1 aromatic rings. The van der Waals surface area contributed by atoms with Crippen molar-refractivity contribution < 1.29 is 9.47 Å². The van der Waals surface area contributed by atoms with E-state index in [0.29, 0.717) is 18.3 Å². The van der Waals surface area contributed by atoms with Crippen LogP contribution in [0.3, 0.4) is 0 Å². The highest BCUT2D eigenvalue weighted by atomic mass is 16.5. The summed E-state index contributed by atoms with van der Waals surface area (Å²) < 4.78 is 11.4. The highest BCUT2D eigenvalue weighted by Crippen LogP contribution is 2.20. The lowest BCUT2D eigenvalue weighted by Crippen LogP contribution is -2.18. The Morgan fingerprint density at radius 1 is 1.05 bits per heavy atom. The first-order valence-electron chi connectivity index (χ1n) is 7.13. The summed E-state index contributed by atoms with van der Waals surface area (Å²) in [6.45, 7) is 1.44. The van der Waals surface area contributed by atoms with Gasteiger partial charge in [-0.1, -0.05) is 19.3 Å². The third-order valence-electron chi connectivity index (χ3n) is 3.45. The number of hydrogen-bond donors (Lipinski definition) is 0. The minimum absolute atomic E-state index is 0.476. The van der Waals surface area contributed by atoms with Gasteiger partial charge in [0.05, 0.1) is 31.0 Å². The molecule has 0 aliphatic heterocycles. The van der Waals surface area contributed by atoms with Gasteiger partial charge in [0.15, 0.2) is 0 Å². The van der Waals surface area contributed by atoms with Gasteiger partial charge in [-0.15, -0.1) is 0 Å². The highest BCUT2D eigenvalue weighted by molar-refractivity contribution is 5.34. The van der Waals surface area contributed by atoms with Gasteiger partial charge in [0.2, 0.25) is 0 Å². The largest absolute Gasteiger partial charge is 0.494 e. The molecule has 19 heavy (non-hydrogen) atoms. The lowest BCUT2D eigenvalue weighted by atomic mass is 9.98. The fraction of sp³-hybridized carbons (Fsp3) is 0.562. The van der Waals surface area contributed by atoms with Crippen molar-refractivity contribution in [1.29, 1.82) is 5.26 Å². The van der Waals surface area contributed by atoms with Crippen molar-refractivity contribution >= 4 is 0 Å². The van der Waals surface area contributed by atoms with Crippen LogP contribution < -0.4 is 4.74 Å². The van der Waals surface area contributed by atoms with Crippen LogP contribution in [-0.4, -0.2) is 19.3 Å². The molecule has 0 atom stereocenters. The summed E-state index contributed by atoms with van der Waals surface area (Å²) in [4.78, 5) is 0. The number of ether oxygens (including phenoxy) is 2. The Kier molecular flexibility index (Phi) is 5.71. The predicted octanol–water partition coefficient (Wildman–Crippen LogP) is 3.68. The van der Waals surface area contributed by atoms with E-state index in [0.717, 1.165) is 18.8 Å². The average molecular weight is 259 g/mol. The van der Waals surface area contributed by atoms with Gasteiger partial charge in [-0.25, -0.2) is 0 Å². The molecule has 2 rings (SSSR count). The summed E-state index contributed by atoms with van der Waals surface area (Å²) >= 11 is 0. The van der Waals surface area contributed by atoms with Crippen molar-refractivity contribution in [2.24, 2.45) is 0 Å². The van der Waals surface area contributed by atoms with E-state index in [1.807, 2.05) is 12.1 Å². The maximum absolute atomic E-state index is 8.69. The SMILES string of the molecule is N#Cc1ccc(OCCCOC2CCCCC2)cc1. The standard InChI is InChI=1S/C16H21NO2/c17-13-14-7-9-16(10-8-14)19-12-4-11-18-15-5-2-1-3-6-15/h7-10,15H,1-6,11-12H2. The van der Waals surface area contributed by atoms with Crippen LogP contribution >= 0.6 is 0 Å². The molecule has 0 saturated heterocycles. The zero-order valence-electron chi connectivity index (χ0n) is 11.3. The molecule has 0 bridgehead atoms. The first kappa shape index (κ1) is 13.9. The van der Waals surface area contributed by atoms with Gasteiger partial charge in [-0.05, 0) is 37.1 Å². The number of nitrogens with zero attached hydrogens (tertiary/aromatic N) is 1. The second kappa shape index (κ2) is 7.81. The molecule has 0 spiro atoms. The fourth-order valence-electron chi connectivity index (χ4n) is 2.36. The van der Waals surface area contributed by atoms with Gasteiger partial charge in [0.1, 0.15) is 5.75 Å². The summed E-state index contributed by atoms with van der Waals surface area (Å²) in [6.07, 6.45) is 7.81. The van der Waals surface area contributed by atoms with Gasteiger partial charge in [0.25, 0.3) is 0 Å². The van der Waals surface area contributed by atoms with E-state index in [-0.39, 0.29) is 0 Å². The van der Waals surface area contributed by atoms with Crippen molar-refractivity contribution in [3.05, 3.63) is 29.8 Å². The van der Waals surface area contributed by atoms with Crippen LogP contribution in [0.15, 0.2) is 24.3 Å². The molecule has 1 fully saturated rings. The van der Waals surface area contributed by atoms with E-state index < -0.39 is 0 Å². The molecule has 0 aromatic heterocycles. The zero-order valence-corrected chi connectivity index (χ0v) is 11.3. The van der Waals surface area contributed by atoms with Gasteiger partial charge in [-0.3, -0.25) is 0 Å². The molecule has 0 N–H and O–H groups in total. The van der Waals surface area contributed by atoms with Crippen molar-refractivity contribution in [1.82, 2.24) is 0 Å². The van der Waals surface area contributed by atoms with Crippen molar-refractivity contribution in [3.8, 4) is 11.8 Å². The van der Waals surface area contributed by atoms with Crippen LogP contribution in [0.2, 0.25) is 0 Å². The molecule has 0 heterocycles. The summed E-state index contributed by atoms with van der Waals surface area (Å²) in [5.74, 6) is 0.816. The van der Waals surface area contributed by atoms with E-state index in [9.17, 15) is 0 Å². The molecule has 1 saturated carbocycles. The van der Waals surface area contributed by atoms with E-state index in [1.165, 1.54) is 32.1 Å². The molecule has 0 unspecified atom stereocenters. The van der Waals surface area contributed by atoms with Crippen LogP contribution in [0.25, 0.3) is 0 Å². The van der Waals surface area contributed by atoms with Crippen LogP contribution in [0.1, 0.15) is 44.1 Å². The maximum Gasteiger partial charge on any atom is 0.119 e. The number of rotatable bonds is 6. The van der Waals surface area contributed by atoms with Gasteiger partial charge in [0, 0.05) is 6.42 Å². The first-order chi connectivity index (χ1) is 9.38. The predicted molar refractivity (Wildman–Crippen MR) is 74.1 cm³/mol. The van der Waals surface area contributed by atoms with Gasteiger partial charge in [-0.2, -0.15) is 5.26 Å². The first-order valence-corrected chi connectivity index (χ1v) is 7.13. The molecule has 3 nitrogen and oxygen atoms in total. The fourth-order valence-corrected chi connectivity index (χ4v) is 2.36. The Hall–Kier alpha value is -1.53. The Morgan fingerprint density at radius 3 is 2.47 bits per heavy atom. The summed E-state index contributed by atoms with van der Waals surface area (Å²) in [6, 6.07) is 9.30. The third kappa shape index (κ3) is 4.92. The van der Waals surface area contributed by atoms with Gasteiger partial charge < -0.3 is 9.47 Å². The van der Waals surface area contributed by atoms with Crippen molar-refractivity contribution in [2.75, 3.05) is 13.2 Å². The highest BCUT2D eigenvalue weighted by Gasteiger charge is 2.12. The summed E-state index contributed by atoms with van der Waals surface area (Å²) in [5, 5.41) is 8.69. The van der Waals surface area contributed by atoms with Crippen molar-refractivity contribution in [3.63, 3.8) is 0 Å². The lowest BCUT2D eigenvalue weighted by Gasteiger charge is -2.21. The monoisotopic (exact) mass is 259 g/mol. The lowest BCUT2D eigenvalue weighted by molar-refractivity contribution is 0.0226. The Balaban J connectivity index is 1.57. The van der Waals surface area contributed by atoms with E-state index in [4.69, 9.17) is 14.7 Å². The Bertz CT molecular complexity index is 402. The average Bonchev–Trinajstić information content (AvgIpc) is 2.49. The number of benzene rings is 1. The molecule has 0 amide bonds. The third-order valence-corrected chi connectivity index (χ3v) is 3.45. The van der Waals surface area contributed by atoms with Crippen LogP contribution in [0.4, 0.5) is 0 Å². The smallest absolute Gasteiger partial charge is 0.119 e. The molecule has 0 radical (unpaired) electrons. The van der Waals surface area contributed by atoms with Gasteiger partial charge >= 0.3 is 0 Å². The number of nitriles is 1. The minimum atomic E-state index is 0.476. The maximum atomic E-state index is 8.69. The van der Waals surface area contributed by atoms with E-state index in [1.54, 1.807) is 12.1 Å². The van der Waals surface area contributed by atoms with E-state index in [2.05, 4.69) is 6.07 Å². The topological polar surface area (TPSA) is 42.2 Å². The van der Waals surface area contributed by atoms with Crippen LogP contribution in [0.5, 0.6) is 5.75 Å². The second-order valence-corrected chi connectivity index (χ2v) is 4.97.